The van der Waals surface area contributed by atoms with Crippen molar-refractivity contribution in [2.45, 2.75) is 6.92 Å². The van der Waals surface area contributed by atoms with Crippen LogP contribution in [0.5, 0.6) is 0 Å². The third-order valence-electron chi connectivity index (χ3n) is 8.02. The predicted molar refractivity (Wildman–Crippen MR) is 165 cm³/mol. The topological polar surface area (TPSA) is 9.86 Å². The summed E-state index contributed by atoms with van der Waals surface area (Å²) in [6.45, 7) is 2.21. The van der Waals surface area contributed by atoms with Crippen molar-refractivity contribution >= 4 is 43.6 Å². The van der Waals surface area contributed by atoms with Gasteiger partial charge in [0.1, 0.15) is 0 Å². The third-order valence-corrected chi connectivity index (χ3v) is 8.02. The lowest BCUT2D eigenvalue weighted by Gasteiger charge is -2.12. The van der Waals surface area contributed by atoms with Gasteiger partial charge in [-0.15, -0.1) is 0 Å². The van der Waals surface area contributed by atoms with E-state index in [9.17, 15) is 0 Å². The van der Waals surface area contributed by atoms with Gasteiger partial charge in [0.2, 0.25) is 0 Å². The number of aryl methyl sites for hydroxylation is 1. The van der Waals surface area contributed by atoms with Crippen molar-refractivity contribution in [2.75, 3.05) is 0 Å². The van der Waals surface area contributed by atoms with Gasteiger partial charge >= 0.3 is 0 Å². The molecule has 0 spiro atoms. The van der Waals surface area contributed by atoms with Gasteiger partial charge in [0.25, 0.3) is 0 Å². The largest absolute Gasteiger partial charge is 0.309 e. The van der Waals surface area contributed by atoms with Crippen LogP contribution < -0.4 is 0 Å². The van der Waals surface area contributed by atoms with Crippen molar-refractivity contribution in [3.8, 4) is 22.5 Å². The maximum absolute atomic E-state index is 2.42. The summed E-state index contributed by atoms with van der Waals surface area (Å²) < 4.78 is 4.80. The number of fused-ring (bicyclic) bond motifs is 6. The molecule has 0 amide bonds. The molecule has 2 heteroatoms. The van der Waals surface area contributed by atoms with Crippen LogP contribution in [0.15, 0.2) is 140 Å². The van der Waals surface area contributed by atoms with Crippen LogP contribution in [0.2, 0.25) is 0 Å². The molecule has 39 heavy (non-hydrogen) atoms. The zero-order valence-electron chi connectivity index (χ0n) is 21.7. The van der Waals surface area contributed by atoms with Crippen LogP contribution >= 0.6 is 0 Å². The van der Waals surface area contributed by atoms with Gasteiger partial charge in [0.05, 0.1) is 22.1 Å². The summed E-state index contributed by atoms with van der Waals surface area (Å²) in [6.07, 6.45) is 0. The Labute approximate surface area is 227 Å². The molecule has 0 atom stereocenters. The van der Waals surface area contributed by atoms with Gasteiger partial charge in [-0.2, -0.15) is 0 Å². The van der Waals surface area contributed by atoms with E-state index in [1.54, 1.807) is 0 Å². The first-order valence-electron chi connectivity index (χ1n) is 13.5. The highest BCUT2D eigenvalue weighted by atomic mass is 15.0. The second kappa shape index (κ2) is 8.47. The van der Waals surface area contributed by atoms with Crippen molar-refractivity contribution in [3.63, 3.8) is 0 Å². The minimum Gasteiger partial charge on any atom is -0.309 e. The maximum atomic E-state index is 2.42. The zero-order chi connectivity index (χ0) is 25.9. The highest BCUT2D eigenvalue weighted by Crippen LogP contribution is 2.37. The number of benzene rings is 6. The summed E-state index contributed by atoms with van der Waals surface area (Å²) in [4.78, 5) is 0. The average Bonchev–Trinajstić information content (AvgIpc) is 3.51. The Morgan fingerprint density at radius 3 is 1.79 bits per heavy atom. The zero-order valence-corrected chi connectivity index (χ0v) is 21.7. The molecule has 0 radical (unpaired) electrons. The number of para-hydroxylation sites is 4. The summed E-state index contributed by atoms with van der Waals surface area (Å²) in [6, 6.07) is 50.5. The van der Waals surface area contributed by atoms with Gasteiger partial charge in [0.15, 0.2) is 0 Å². The molecular formula is C37H26N2. The molecule has 8 rings (SSSR count). The van der Waals surface area contributed by atoms with Crippen molar-refractivity contribution in [1.29, 1.82) is 0 Å². The molecule has 0 N–H and O–H groups in total. The maximum Gasteiger partial charge on any atom is 0.0570 e. The fourth-order valence-electron chi connectivity index (χ4n) is 6.29. The summed E-state index contributed by atoms with van der Waals surface area (Å²) in [5.41, 5.74) is 11.0. The fraction of sp³-hybridized carbons (Fsp3) is 0.0270. The monoisotopic (exact) mass is 498 g/mol. The van der Waals surface area contributed by atoms with Crippen molar-refractivity contribution in [2.24, 2.45) is 0 Å². The summed E-state index contributed by atoms with van der Waals surface area (Å²) >= 11 is 0. The number of rotatable bonds is 3. The van der Waals surface area contributed by atoms with Crippen molar-refractivity contribution in [1.82, 2.24) is 9.13 Å². The quantitative estimate of drug-likeness (QED) is 0.229. The van der Waals surface area contributed by atoms with E-state index in [1.165, 1.54) is 71.7 Å². The van der Waals surface area contributed by atoms with Crippen LogP contribution in [-0.2, 0) is 0 Å². The molecule has 6 aromatic carbocycles. The van der Waals surface area contributed by atoms with E-state index >= 15 is 0 Å². The lowest BCUT2D eigenvalue weighted by Crippen LogP contribution is -1.96. The Kier molecular flexibility index (Phi) is 4.77. The van der Waals surface area contributed by atoms with E-state index in [1.807, 2.05) is 0 Å². The lowest BCUT2D eigenvalue weighted by atomic mass is 10.0. The van der Waals surface area contributed by atoms with Crippen molar-refractivity contribution < 1.29 is 0 Å². The Morgan fingerprint density at radius 1 is 0.385 bits per heavy atom. The molecule has 2 nitrogen and oxygen atoms in total. The van der Waals surface area contributed by atoms with Crippen LogP contribution in [0, 0.1) is 6.92 Å². The number of nitrogens with zero attached hydrogens (tertiary/aromatic N) is 2. The van der Waals surface area contributed by atoms with E-state index in [4.69, 9.17) is 0 Å². The van der Waals surface area contributed by atoms with Crippen molar-refractivity contribution in [3.05, 3.63) is 145 Å². The molecule has 2 aromatic heterocycles. The summed E-state index contributed by atoms with van der Waals surface area (Å²) in [5, 5.41) is 5.13. The average molecular weight is 499 g/mol. The van der Waals surface area contributed by atoms with E-state index in [-0.39, 0.29) is 0 Å². The molecule has 0 saturated carbocycles. The van der Waals surface area contributed by atoms with E-state index in [0.29, 0.717) is 0 Å². The number of hydrogen-bond donors (Lipinski definition) is 0. The Hall–Kier alpha value is -5.08. The molecular weight excluding hydrogens is 472 g/mol. The predicted octanol–water partition coefficient (Wildman–Crippen LogP) is 9.86. The summed E-state index contributed by atoms with van der Waals surface area (Å²) in [5.74, 6) is 0. The SMILES string of the molecule is Cc1cccc2c3ccccc3n(-c3cccc(-c4ccc5c6ccccc6n(-c6ccccc6)c5c4)c3)c12. The van der Waals surface area contributed by atoms with Gasteiger partial charge in [0, 0.05) is 32.9 Å². The molecule has 184 valence electrons. The molecule has 0 fully saturated rings. The van der Waals surface area contributed by atoms with E-state index in [0.717, 1.165) is 0 Å². The van der Waals surface area contributed by atoms with Crippen LogP contribution in [0.25, 0.3) is 66.1 Å². The Balaban J connectivity index is 1.37. The second-order valence-corrected chi connectivity index (χ2v) is 10.3. The van der Waals surface area contributed by atoms with Gasteiger partial charge in [-0.05, 0) is 66.1 Å². The Bertz CT molecular complexity index is 2180. The molecule has 0 aliphatic rings. The molecule has 0 saturated heterocycles. The molecule has 0 bridgehead atoms. The molecule has 8 aromatic rings. The van der Waals surface area contributed by atoms with Gasteiger partial charge < -0.3 is 9.13 Å². The minimum absolute atomic E-state index is 1.18. The number of hydrogen-bond acceptors (Lipinski definition) is 0. The van der Waals surface area contributed by atoms with Gasteiger partial charge in [-0.3, -0.25) is 0 Å². The van der Waals surface area contributed by atoms with Crippen LogP contribution in [-0.4, -0.2) is 9.13 Å². The van der Waals surface area contributed by atoms with E-state index < -0.39 is 0 Å². The smallest absolute Gasteiger partial charge is 0.0570 e. The van der Waals surface area contributed by atoms with Crippen LogP contribution in [0.1, 0.15) is 5.56 Å². The van der Waals surface area contributed by atoms with E-state index in [2.05, 4.69) is 156 Å². The highest BCUT2D eigenvalue weighted by molar-refractivity contribution is 6.11. The minimum atomic E-state index is 1.18. The first-order chi connectivity index (χ1) is 19.3. The first-order valence-corrected chi connectivity index (χ1v) is 13.5. The normalized spacial score (nSPS) is 11.7. The van der Waals surface area contributed by atoms with Crippen LogP contribution in [0.3, 0.4) is 0 Å². The molecule has 0 unspecified atom stereocenters. The van der Waals surface area contributed by atoms with Gasteiger partial charge in [-0.25, -0.2) is 0 Å². The highest BCUT2D eigenvalue weighted by Gasteiger charge is 2.16. The molecule has 2 heterocycles. The fourth-order valence-corrected chi connectivity index (χ4v) is 6.29. The third kappa shape index (κ3) is 3.28. The Morgan fingerprint density at radius 2 is 0.974 bits per heavy atom. The second-order valence-electron chi connectivity index (χ2n) is 10.3. The standard InChI is InChI=1S/C37H26N2/c1-25-11-9-18-33-31-17-6-8-20-35(31)39(37(25)33)29-15-10-12-26(23-29)27-21-22-32-30-16-5-7-19-34(30)38(36(32)24-27)28-13-3-2-4-14-28/h2-24H,1H3. The number of aromatic nitrogens is 2. The molecule has 0 aliphatic carbocycles. The lowest BCUT2D eigenvalue weighted by molar-refractivity contribution is 1.17. The van der Waals surface area contributed by atoms with Gasteiger partial charge in [-0.1, -0.05) is 97.1 Å². The first kappa shape index (κ1) is 22.0. The van der Waals surface area contributed by atoms with Crippen LogP contribution in [0.4, 0.5) is 0 Å². The molecule has 0 aliphatic heterocycles. The summed E-state index contributed by atoms with van der Waals surface area (Å²) in [7, 11) is 0.